The Morgan fingerprint density at radius 1 is 1.15 bits per heavy atom. The van der Waals surface area contributed by atoms with Crippen LogP contribution < -0.4 is 15.4 Å². The number of carbonyl (C=O) groups excluding carboxylic acids is 2. The van der Waals surface area contributed by atoms with Crippen LogP contribution in [0, 0.1) is 0 Å². The summed E-state index contributed by atoms with van der Waals surface area (Å²) < 4.78 is 5.31. The summed E-state index contributed by atoms with van der Waals surface area (Å²) >= 11 is 6.14. The van der Waals surface area contributed by atoms with Crippen molar-refractivity contribution in [2.24, 2.45) is 0 Å². The van der Waals surface area contributed by atoms with Crippen molar-refractivity contribution in [3.8, 4) is 5.75 Å². The molecule has 1 aliphatic rings. The van der Waals surface area contributed by atoms with Crippen molar-refractivity contribution < 1.29 is 14.3 Å². The highest BCUT2D eigenvalue weighted by Crippen LogP contribution is 2.29. The minimum atomic E-state index is -0.199. The van der Waals surface area contributed by atoms with Crippen molar-refractivity contribution in [1.82, 2.24) is 5.32 Å². The molecule has 0 saturated heterocycles. The lowest BCUT2D eigenvalue weighted by molar-refractivity contribution is -0.118. The van der Waals surface area contributed by atoms with E-state index in [0.29, 0.717) is 23.4 Å². The number of halogens is 1. The summed E-state index contributed by atoms with van der Waals surface area (Å²) in [6, 6.07) is 13.0. The molecule has 27 heavy (non-hydrogen) atoms. The van der Waals surface area contributed by atoms with Gasteiger partial charge in [0.15, 0.2) is 12.4 Å². The van der Waals surface area contributed by atoms with Crippen molar-refractivity contribution in [2.45, 2.75) is 25.7 Å². The Hall–Kier alpha value is -2.37. The van der Waals surface area contributed by atoms with Gasteiger partial charge in [0.05, 0.1) is 5.69 Å². The first kappa shape index (κ1) is 19.4. The Kier molecular flexibility index (Phi) is 6.85. The molecule has 0 bridgehead atoms. The van der Waals surface area contributed by atoms with Crippen molar-refractivity contribution in [2.75, 3.05) is 25.0 Å². The zero-order valence-electron chi connectivity index (χ0n) is 15.1. The Morgan fingerprint density at radius 3 is 2.85 bits per heavy atom. The third-order valence-corrected chi connectivity index (χ3v) is 4.84. The summed E-state index contributed by atoms with van der Waals surface area (Å²) in [5.74, 6) is 0.484. The molecule has 2 aromatic carbocycles. The molecule has 1 amide bonds. The summed E-state index contributed by atoms with van der Waals surface area (Å²) in [6.45, 7) is 1.75. The number of ether oxygens (including phenoxy) is 1. The van der Waals surface area contributed by atoms with E-state index in [1.165, 1.54) is 0 Å². The summed E-state index contributed by atoms with van der Waals surface area (Å²) in [6.07, 6.45) is 3.12. The predicted octanol–water partition coefficient (Wildman–Crippen LogP) is 3.86. The molecular formula is C21H23ClN2O3. The fraction of sp³-hybridized carbons (Fsp3) is 0.333. The number of nitrogens with one attached hydrogen (secondary N) is 2. The fourth-order valence-electron chi connectivity index (χ4n) is 2.99. The van der Waals surface area contributed by atoms with Crippen LogP contribution in [0.2, 0.25) is 5.02 Å². The number of Topliss-reactive ketones (excluding diaryl/α,β-unsaturated/α-hetero) is 1. The van der Waals surface area contributed by atoms with Crippen LogP contribution in [0.15, 0.2) is 42.5 Å². The minimum absolute atomic E-state index is 0.0176. The van der Waals surface area contributed by atoms with Crippen LogP contribution in [0.1, 0.15) is 35.2 Å². The molecule has 0 aliphatic carbocycles. The molecule has 1 aliphatic heterocycles. The largest absolute Gasteiger partial charge is 0.482 e. The molecule has 1 heterocycles. The first-order chi connectivity index (χ1) is 13.1. The molecule has 3 rings (SSSR count). The highest BCUT2D eigenvalue weighted by Gasteiger charge is 2.17. The molecular weight excluding hydrogens is 364 g/mol. The molecule has 6 heteroatoms. The number of hydrogen-bond donors (Lipinski definition) is 2. The maximum absolute atomic E-state index is 12.3. The number of anilines is 1. The number of ketones is 1. The van der Waals surface area contributed by atoms with E-state index < -0.39 is 0 Å². The van der Waals surface area contributed by atoms with Gasteiger partial charge in [0.25, 0.3) is 5.91 Å². The highest BCUT2D eigenvalue weighted by molar-refractivity contribution is 6.31. The summed E-state index contributed by atoms with van der Waals surface area (Å²) in [5, 5.41) is 6.92. The first-order valence-electron chi connectivity index (χ1n) is 9.17. The van der Waals surface area contributed by atoms with Crippen LogP contribution in [0.3, 0.4) is 0 Å². The second-order valence-electron chi connectivity index (χ2n) is 6.52. The molecule has 2 N–H and O–H groups in total. The fourth-order valence-corrected chi connectivity index (χ4v) is 3.22. The molecule has 0 saturated carbocycles. The highest BCUT2D eigenvalue weighted by atomic mass is 35.5. The second kappa shape index (κ2) is 9.53. The van der Waals surface area contributed by atoms with Gasteiger partial charge in [-0.3, -0.25) is 9.59 Å². The molecule has 0 radical (unpaired) electrons. The van der Waals surface area contributed by atoms with E-state index in [2.05, 4.69) is 10.6 Å². The number of amides is 1. The number of fused-ring (bicyclic) bond motifs is 1. The number of carbonyl (C=O) groups is 2. The van der Waals surface area contributed by atoms with E-state index in [-0.39, 0.29) is 18.3 Å². The van der Waals surface area contributed by atoms with Crippen LogP contribution in [0.5, 0.6) is 5.75 Å². The van der Waals surface area contributed by atoms with Gasteiger partial charge in [-0.1, -0.05) is 29.8 Å². The summed E-state index contributed by atoms with van der Waals surface area (Å²) in [4.78, 5) is 23.7. The Balaban J connectivity index is 1.35. The molecule has 0 aromatic heterocycles. The Labute approximate surface area is 164 Å². The summed E-state index contributed by atoms with van der Waals surface area (Å²) in [5.41, 5.74) is 2.31. The summed E-state index contributed by atoms with van der Waals surface area (Å²) in [7, 11) is 0. The van der Waals surface area contributed by atoms with Crippen LogP contribution >= 0.6 is 11.6 Å². The molecule has 0 atom stereocenters. The Bertz CT molecular complexity index is 823. The van der Waals surface area contributed by atoms with E-state index >= 15 is 0 Å². The predicted molar refractivity (Wildman–Crippen MR) is 107 cm³/mol. The number of hydrogen-bond acceptors (Lipinski definition) is 4. The third kappa shape index (κ3) is 5.55. The number of unbranched alkanes of at least 4 members (excludes halogenated alkanes) is 1. The van der Waals surface area contributed by atoms with Crippen molar-refractivity contribution >= 4 is 29.0 Å². The van der Waals surface area contributed by atoms with Gasteiger partial charge in [-0.05, 0) is 62.2 Å². The third-order valence-electron chi connectivity index (χ3n) is 4.47. The van der Waals surface area contributed by atoms with Gasteiger partial charge in [-0.2, -0.15) is 0 Å². The lowest BCUT2D eigenvalue weighted by Crippen LogP contribution is -2.25. The van der Waals surface area contributed by atoms with Gasteiger partial charge in [0.1, 0.15) is 5.75 Å². The minimum Gasteiger partial charge on any atom is -0.482 e. The zero-order chi connectivity index (χ0) is 19.1. The lowest BCUT2D eigenvalue weighted by Gasteiger charge is -2.18. The molecule has 2 aromatic rings. The number of benzene rings is 2. The van der Waals surface area contributed by atoms with Gasteiger partial charge in [-0.15, -0.1) is 0 Å². The van der Waals surface area contributed by atoms with Gasteiger partial charge in [-0.25, -0.2) is 0 Å². The molecule has 5 nitrogen and oxygen atoms in total. The SMILES string of the molecule is O=C1COc2ccc(C(=O)CCCCNCCc3ccccc3Cl)cc2N1. The first-order valence-corrected chi connectivity index (χ1v) is 9.55. The lowest BCUT2D eigenvalue weighted by atomic mass is 10.0. The molecule has 0 spiro atoms. The molecule has 0 unspecified atom stereocenters. The Morgan fingerprint density at radius 2 is 2.00 bits per heavy atom. The zero-order valence-corrected chi connectivity index (χ0v) is 15.8. The van der Waals surface area contributed by atoms with Crippen molar-refractivity contribution in [1.29, 1.82) is 0 Å². The van der Waals surface area contributed by atoms with Crippen LogP contribution in [0.4, 0.5) is 5.69 Å². The van der Waals surface area contributed by atoms with Crippen molar-refractivity contribution in [3.63, 3.8) is 0 Å². The smallest absolute Gasteiger partial charge is 0.262 e. The van der Waals surface area contributed by atoms with E-state index in [4.69, 9.17) is 16.3 Å². The average Bonchev–Trinajstić information content (AvgIpc) is 2.67. The van der Waals surface area contributed by atoms with Crippen LogP contribution in [-0.2, 0) is 11.2 Å². The van der Waals surface area contributed by atoms with Crippen molar-refractivity contribution in [3.05, 3.63) is 58.6 Å². The van der Waals surface area contributed by atoms with Crippen LogP contribution in [0.25, 0.3) is 0 Å². The van der Waals surface area contributed by atoms with Gasteiger partial charge >= 0.3 is 0 Å². The normalized spacial score (nSPS) is 12.9. The monoisotopic (exact) mass is 386 g/mol. The molecule has 142 valence electrons. The topological polar surface area (TPSA) is 67.4 Å². The van der Waals surface area contributed by atoms with Gasteiger partial charge in [0, 0.05) is 17.0 Å². The standard InChI is InChI=1S/C21H23ClN2O3/c22-17-6-2-1-5-15(17)10-12-23-11-4-3-7-19(25)16-8-9-20-18(13-16)24-21(26)14-27-20/h1-2,5-6,8-9,13,23H,3-4,7,10-12,14H2,(H,24,26). The van der Waals surface area contributed by atoms with Gasteiger partial charge < -0.3 is 15.4 Å². The quantitative estimate of drug-likeness (QED) is 0.507. The van der Waals surface area contributed by atoms with Crippen LogP contribution in [-0.4, -0.2) is 31.4 Å². The second-order valence-corrected chi connectivity index (χ2v) is 6.93. The van der Waals surface area contributed by atoms with E-state index in [9.17, 15) is 9.59 Å². The van der Waals surface area contributed by atoms with E-state index in [0.717, 1.165) is 42.9 Å². The molecule has 0 fully saturated rings. The van der Waals surface area contributed by atoms with E-state index in [1.54, 1.807) is 18.2 Å². The maximum Gasteiger partial charge on any atom is 0.262 e. The van der Waals surface area contributed by atoms with E-state index in [1.807, 2.05) is 24.3 Å². The maximum atomic E-state index is 12.3. The average molecular weight is 387 g/mol. The number of rotatable bonds is 9. The van der Waals surface area contributed by atoms with Gasteiger partial charge in [0.2, 0.25) is 0 Å².